The van der Waals surface area contributed by atoms with E-state index in [4.69, 9.17) is 0 Å². The largest absolute Gasteiger partial charge is 0.336 e. The summed E-state index contributed by atoms with van der Waals surface area (Å²) in [6, 6.07) is 0.541. The Kier molecular flexibility index (Phi) is 1.57. The maximum Gasteiger partial charge on any atom is 0.0949 e. The molecule has 1 atom stereocenters. The van der Waals surface area contributed by atoms with E-state index in [1.54, 1.807) is 0 Å². The number of fused-ring (bicyclic) bond motifs is 1. The zero-order chi connectivity index (χ0) is 9.76. The molecule has 3 nitrogen and oxygen atoms in total. The first-order valence-electron chi connectivity index (χ1n) is 5.44. The van der Waals surface area contributed by atoms with Crippen LogP contribution in [-0.4, -0.2) is 16.1 Å². The minimum atomic E-state index is 0.503. The second-order valence-electron chi connectivity index (χ2n) is 4.98. The van der Waals surface area contributed by atoms with Crippen LogP contribution in [0.5, 0.6) is 0 Å². The molecule has 1 N–H and O–H groups in total. The van der Waals surface area contributed by atoms with Crippen LogP contribution < -0.4 is 5.32 Å². The van der Waals surface area contributed by atoms with Crippen LogP contribution in [-0.2, 0) is 13.5 Å². The minimum Gasteiger partial charge on any atom is -0.336 e. The Hall–Kier alpha value is -0.830. The van der Waals surface area contributed by atoms with Crippen LogP contribution in [0.25, 0.3) is 0 Å². The topological polar surface area (TPSA) is 29.9 Å². The molecule has 1 unspecified atom stereocenters. The van der Waals surface area contributed by atoms with Crippen molar-refractivity contribution in [3.63, 3.8) is 0 Å². The summed E-state index contributed by atoms with van der Waals surface area (Å²) in [4.78, 5) is 4.47. The average molecular weight is 191 g/mol. The Bertz CT molecular complexity index is 363. The van der Waals surface area contributed by atoms with E-state index in [0.29, 0.717) is 11.5 Å². The molecule has 1 saturated carbocycles. The van der Waals surface area contributed by atoms with Crippen molar-refractivity contribution >= 4 is 0 Å². The summed E-state index contributed by atoms with van der Waals surface area (Å²) in [6.07, 6.45) is 5.75. The van der Waals surface area contributed by atoms with Gasteiger partial charge in [-0.3, -0.25) is 0 Å². The number of nitrogens with one attached hydrogen (secondary N) is 1. The number of hydrogen-bond acceptors (Lipinski definition) is 2. The molecular weight excluding hydrogens is 174 g/mol. The average Bonchev–Trinajstić information content (AvgIpc) is 2.83. The fraction of sp³-hybridized carbons (Fsp3) is 0.727. The molecule has 0 bridgehead atoms. The zero-order valence-corrected chi connectivity index (χ0v) is 8.88. The van der Waals surface area contributed by atoms with Crippen molar-refractivity contribution < 1.29 is 0 Å². The van der Waals surface area contributed by atoms with Crippen molar-refractivity contribution in [1.29, 1.82) is 0 Å². The van der Waals surface area contributed by atoms with Gasteiger partial charge in [0, 0.05) is 20.0 Å². The van der Waals surface area contributed by atoms with Crippen LogP contribution in [0, 0.1) is 5.41 Å². The normalized spacial score (nSPS) is 28.6. The quantitative estimate of drug-likeness (QED) is 0.727. The second-order valence-corrected chi connectivity index (χ2v) is 4.98. The number of rotatable bonds is 1. The lowest BCUT2D eigenvalue weighted by atomic mass is 9.91. The first kappa shape index (κ1) is 8.48. The molecule has 2 aliphatic rings. The molecule has 3 heteroatoms. The molecule has 0 aromatic carbocycles. The first-order valence-corrected chi connectivity index (χ1v) is 5.44. The summed E-state index contributed by atoms with van der Waals surface area (Å²) < 4.78 is 2.19. The summed E-state index contributed by atoms with van der Waals surface area (Å²) >= 11 is 0. The Morgan fingerprint density at radius 3 is 3.07 bits per heavy atom. The smallest absolute Gasteiger partial charge is 0.0949 e. The third kappa shape index (κ3) is 1.05. The standard InChI is InChI=1S/C11H17N3/c1-11(4-5-11)10-9-8(3-6-12-10)13-7-14(9)2/h7,10,12H,3-6H2,1-2H3. The Morgan fingerprint density at radius 2 is 2.36 bits per heavy atom. The second kappa shape index (κ2) is 2.60. The highest BCUT2D eigenvalue weighted by Gasteiger charge is 2.48. The molecule has 14 heavy (non-hydrogen) atoms. The summed E-state index contributed by atoms with van der Waals surface area (Å²) in [7, 11) is 2.11. The van der Waals surface area contributed by atoms with E-state index in [-0.39, 0.29) is 0 Å². The van der Waals surface area contributed by atoms with Crippen molar-refractivity contribution in [3.05, 3.63) is 17.7 Å². The maximum atomic E-state index is 4.47. The summed E-state index contributed by atoms with van der Waals surface area (Å²) in [6.45, 7) is 3.47. The van der Waals surface area contributed by atoms with Gasteiger partial charge < -0.3 is 9.88 Å². The number of nitrogens with zero attached hydrogens (tertiary/aromatic N) is 2. The third-order valence-corrected chi connectivity index (χ3v) is 3.78. The van der Waals surface area contributed by atoms with E-state index in [9.17, 15) is 0 Å². The van der Waals surface area contributed by atoms with Gasteiger partial charge in [0.05, 0.1) is 23.8 Å². The maximum absolute atomic E-state index is 4.47. The highest BCUT2D eigenvalue weighted by atomic mass is 15.1. The van der Waals surface area contributed by atoms with Gasteiger partial charge in [-0.2, -0.15) is 0 Å². The fourth-order valence-electron chi connectivity index (χ4n) is 2.54. The Balaban J connectivity index is 2.05. The van der Waals surface area contributed by atoms with Crippen LogP contribution in [0.15, 0.2) is 6.33 Å². The number of hydrogen-bond donors (Lipinski definition) is 1. The molecule has 0 saturated heterocycles. The van der Waals surface area contributed by atoms with Gasteiger partial charge in [-0.1, -0.05) is 6.92 Å². The molecule has 76 valence electrons. The Labute approximate surface area is 84.5 Å². The Morgan fingerprint density at radius 1 is 1.57 bits per heavy atom. The lowest BCUT2D eigenvalue weighted by Gasteiger charge is -2.30. The number of imidazole rings is 1. The molecule has 3 rings (SSSR count). The van der Waals surface area contributed by atoms with Gasteiger partial charge in [0.25, 0.3) is 0 Å². The summed E-state index contributed by atoms with van der Waals surface area (Å²) in [5, 5.41) is 3.64. The molecule has 1 aromatic heterocycles. The highest BCUT2D eigenvalue weighted by molar-refractivity contribution is 5.25. The predicted molar refractivity (Wildman–Crippen MR) is 55.0 cm³/mol. The highest BCUT2D eigenvalue weighted by Crippen LogP contribution is 2.55. The fourth-order valence-corrected chi connectivity index (χ4v) is 2.54. The van der Waals surface area contributed by atoms with Crippen LogP contribution in [0.1, 0.15) is 37.2 Å². The van der Waals surface area contributed by atoms with Crippen molar-refractivity contribution in [2.24, 2.45) is 12.5 Å². The molecule has 1 aliphatic carbocycles. The summed E-state index contributed by atoms with van der Waals surface area (Å²) in [5.74, 6) is 0. The van der Waals surface area contributed by atoms with Crippen LogP contribution in [0.3, 0.4) is 0 Å². The summed E-state index contributed by atoms with van der Waals surface area (Å²) in [5.41, 5.74) is 3.24. The van der Waals surface area contributed by atoms with Gasteiger partial charge in [-0.15, -0.1) is 0 Å². The molecular formula is C11H17N3. The van der Waals surface area contributed by atoms with Gasteiger partial charge in [0.2, 0.25) is 0 Å². The van der Waals surface area contributed by atoms with Crippen molar-refractivity contribution in [2.45, 2.75) is 32.2 Å². The molecule has 0 amide bonds. The van der Waals surface area contributed by atoms with Gasteiger partial charge >= 0.3 is 0 Å². The zero-order valence-electron chi connectivity index (χ0n) is 8.88. The molecule has 0 spiro atoms. The predicted octanol–water partition coefficient (Wildman–Crippen LogP) is 1.41. The van der Waals surface area contributed by atoms with Gasteiger partial charge in [0.15, 0.2) is 0 Å². The van der Waals surface area contributed by atoms with Gasteiger partial charge in [-0.05, 0) is 18.3 Å². The van der Waals surface area contributed by atoms with Gasteiger partial charge in [0.1, 0.15) is 0 Å². The SMILES string of the molecule is Cn1cnc2c1C(C1(C)CC1)NCC2. The van der Waals surface area contributed by atoms with Crippen molar-refractivity contribution in [2.75, 3.05) is 6.54 Å². The minimum absolute atomic E-state index is 0.503. The number of aryl methyl sites for hydroxylation is 1. The van der Waals surface area contributed by atoms with E-state index in [2.05, 4.69) is 28.8 Å². The van der Waals surface area contributed by atoms with Crippen LogP contribution >= 0.6 is 0 Å². The number of aromatic nitrogens is 2. The first-order chi connectivity index (χ1) is 6.71. The molecule has 0 radical (unpaired) electrons. The van der Waals surface area contributed by atoms with Crippen molar-refractivity contribution in [3.8, 4) is 0 Å². The van der Waals surface area contributed by atoms with E-state index >= 15 is 0 Å². The van der Waals surface area contributed by atoms with E-state index in [1.165, 1.54) is 24.2 Å². The van der Waals surface area contributed by atoms with Crippen molar-refractivity contribution in [1.82, 2.24) is 14.9 Å². The lowest BCUT2D eigenvalue weighted by Crippen LogP contribution is -2.35. The van der Waals surface area contributed by atoms with E-state index in [1.807, 2.05) is 6.33 Å². The molecule has 1 aromatic rings. The molecule has 1 aliphatic heterocycles. The molecule has 1 fully saturated rings. The molecule has 2 heterocycles. The third-order valence-electron chi connectivity index (χ3n) is 3.78. The van der Waals surface area contributed by atoms with E-state index in [0.717, 1.165) is 13.0 Å². The van der Waals surface area contributed by atoms with Crippen LogP contribution in [0.2, 0.25) is 0 Å². The monoisotopic (exact) mass is 191 g/mol. The van der Waals surface area contributed by atoms with Gasteiger partial charge in [-0.25, -0.2) is 4.98 Å². The van der Waals surface area contributed by atoms with Crippen LogP contribution in [0.4, 0.5) is 0 Å². The lowest BCUT2D eigenvalue weighted by molar-refractivity contribution is 0.336. The van der Waals surface area contributed by atoms with E-state index < -0.39 is 0 Å².